The van der Waals surface area contributed by atoms with E-state index in [2.05, 4.69) is 20.5 Å². The van der Waals surface area contributed by atoms with E-state index in [0.717, 1.165) is 48.7 Å². The van der Waals surface area contributed by atoms with Crippen molar-refractivity contribution in [2.24, 2.45) is 5.73 Å². The molecule has 1 aromatic heterocycles. The summed E-state index contributed by atoms with van der Waals surface area (Å²) in [7, 11) is 0. The van der Waals surface area contributed by atoms with Crippen LogP contribution in [0.1, 0.15) is 38.1 Å². The van der Waals surface area contributed by atoms with Crippen LogP contribution < -0.4 is 21.3 Å². The molecule has 1 aliphatic heterocycles. The number of primary amides is 1. The van der Waals surface area contributed by atoms with Crippen LogP contribution in [-0.4, -0.2) is 72.7 Å². The number of alkyl halides is 3. The number of hydrogen-bond acceptors (Lipinski definition) is 8. The lowest BCUT2D eigenvalue weighted by atomic mass is 10.0. The Morgan fingerprint density at radius 1 is 1.12 bits per heavy atom. The molecule has 2 heterocycles. The fourth-order valence-corrected chi connectivity index (χ4v) is 5.33. The number of halogens is 3. The maximum absolute atomic E-state index is 13.8. The molecule has 1 fully saturated rings. The van der Waals surface area contributed by atoms with E-state index in [0.29, 0.717) is 40.9 Å². The van der Waals surface area contributed by atoms with Gasteiger partial charge < -0.3 is 31.3 Å². The second-order valence-electron chi connectivity index (χ2n) is 9.38. The molecule has 0 atom stereocenters. The second-order valence-corrected chi connectivity index (χ2v) is 10.4. The van der Waals surface area contributed by atoms with Crippen LogP contribution in [0.4, 0.5) is 29.7 Å². The topological polar surface area (TPSA) is 124 Å². The van der Waals surface area contributed by atoms with Crippen molar-refractivity contribution < 1.29 is 27.9 Å². The van der Waals surface area contributed by atoms with Gasteiger partial charge in [0.1, 0.15) is 4.88 Å². The summed E-state index contributed by atoms with van der Waals surface area (Å²) in [6, 6.07) is 8.34. The molecule has 0 unspecified atom stereocenters. The van der Waals surface area contributed by atoms with Gasteiger partial charge in [0.05, 0.1) is 17.9 Å². The van der Waals surface area contributed by atoms with Crippen LogP contribution in [0.2, 0.25) is 0 Å². The van der Waals surface area contributed by atoms with Crippen LogP contribution in [-0.2, 0) is 6.18 Å². The number of nitrogens with zero attached hydrogens (tertiary/aromatic N) is 3. The molecule has 2 amide bonds. The van der Waals surface area contributed by atoms with E-state index in [4.69, 9.17) is 10.8 Å². The van der Waals surface area contributed by atoms with Crippen LogP contribution in [0.25, 0.3) is 11.3 Å². The third-order valence-corrected chi connectivity index (χ3v) is 7.71. The zero-order chi connectivity index (χ0) is 29.0. The minimum absolute atomic E-state index is 0.119. The van der Waals surface area contributed by atoms with Crippen molar-refractivity contribution in [3.05, 3.63) is 58.0 Å². The van der Waals surface area contributed by atoms with E-state index in [1.165, 1.54) is 6.07 Å². The Morgan fingerprint density at radius 3 is 2.48 bits per heavy atom. The number of aliphatic hydroxyl groups is 1. The molecular weight excluding hydrogens is 545 g/mol. The molecule has 1 saturated heterocycles. The number of aryl methyl sites for hydroxylation is 1. The third-order valence-electron chi connectivity index (χ3n) is 6.68. The maximum atomic E-state index is 13.8. The highest BCUT2D eigenvalue weighted by Crippen LogP contribution is 2.36. The Bertz CT molecular complexity index is 1390. The number of aromatic nitrogens is 1. The van der Waals surface area contributed by atoms with E-state index in [1.54, 1.807) is 25.1 Å². The zero-order valence-corrected chi connectivity index (χ0v) is 23.0. The Hall–Kier alpha value is -3.68. The van der Waals surface area contributed by atoms with Gasteiger partial charge in [-0.1, -0.05) is 24.3 Å². The SMILES string of the molecule is CCN1CCN(c2cc(C(=O)Nc3ccc(C)c(-c4nc(NCCO)sc4C(N)=O)c3)cc(C(F)(F)F)c2)CC1. The average Bonchev–Trinajstić information content (AvgIpc) is 3.36. The summed E-state index contributed by atoms with van der Waals surface area (Å²) >= 11 is 1.04. The van der Waals surface area contributed by atoms with Crippen LogP contribution in [0.5, 0.6) is 0 Å². The van der Waals surface area contributed by atoms with Crippen molar-refractivity contribution >= 4 is 39.7 Å². The number of likely N-dealkylation sites (N-methyl/N-ethyl adjacent to an activating group) is 1. The van der Waals surface area contributed by atoms with Crippen molar-refractivity contribution in [3.8, 4) is 11.3 Å². The Balaban J connectivity index is 1.64. The molecule has 5 N–H and O–H groups in total. The molecule has 0 saturated carbocycles. The predicted octanol–water partition coefficient (Wildman–Crippen LogP) is 4.03. The molecule has 214 valence electrons. The summed E-state index contributed by atoms with van der Waals surface area (Å²) in [5, 5.41) is 15.1. The molecule has 3 aromatic rings. The molecule has 0 aliphatic carbocycles. The summed E-state index contributed by atoms with van der Waals surface area (Å²) in [4.78, 5) is 34.0. The summed E-state index contributed by atoms with van der Waals surface area (Å²) in [5.74, 6) is -1.39. The van der Waals surface area contributed by atoms with Crippen molar-refractivity contribution in [2.45, 2.75) is 20.0 Å². The molecule has 2 aromatic carbocycles. The van der Waals surface area contributed by atoms with Crippen LogP contribution in [0.3, 0.4) is 0 Å². The van der Waals surface area contributed by atoms with E-state index in [-0.39, 0.29) is 23.6 Å². The number of nitrogens with one attached hydrogen (secondary N) is 2. The molecule has 0 spiro atoms. The first kappa shape index (κ1) is 29.3. The van der Waals surface area contributed by atoms with Gasteiger partial charge >= 0.3 is 6.18 Å². The van der Waals surface area contributed by atoms with Gasteiger partial charge in [-0.15, -0.1) is 0 Å². The predicted molar refractivity (Wildman–Crippen MR) is 150 cm³/mol. The highest BCUT2D eigenvalue weighted by molar-refractivity contribution is 7.18. The zero-order valence-electron chi connectivity index (χ0n) is 22.1. The lowest BCUT2D eigenvalue weighted by Gasteiger charge is -2.36. The summed E-state index contributed by atoms with van der Waals surface area (Å²) in [6.07, 6.45) is -4.62. The minimum atomic E-state index is -4.62. The monoisotopic (exact) mass is 576 g/mol. The van der Waals surface area contributed by atoms with E-state index < -0.39 is 23.6 Å². The molecule has 0 radical (unpaired) electrons. The molecule has 9 nitrogen and oxygen atoms in total. The fourth-order valence-electron chi connectivity index (χ4n) is 4.48. The quantitative estimate of drug-likeness (QED) is 0.303. The smallest absolute Gasteiger partial charge is 0.395 e. The van der Waals surface area contributed by atoms with Gasteiger partial charge in [-0.2, -0.15) is 13.2 Å². The minimum Gasteiger partial charge on any atom is -0.395 e. The van der Waals surface area contributed by atoms with E-state index >= 15 is 0 Å². The van der Waals surface area contributed by atoms with Crippen molar-refractivity contribution in [3.63, 3.8) is 0 Å². The van der Waals surface area contributed by atoms with Gasteiger partial charge in [-0.05, 0) is 49.4 Å². The number of hydrogen-bond donors (Lipinski definition) is 4. The standard InChI is InChI=1S/C27H31F3N6O3S/c1-3-35-7-9-36(10-8-35)20-13-17(12-18(14-20)27(28,29)30)25(39)33-19-5-4-16(2)21(15-19)22-23(24(31)38)40-26(34-22)32-6-11-37/h4-5,12-15,37H,3,6-11H2,1-2H3,(H2,31,38)(H,32,34)(H,33,39). The first-order valence-corrected chi connectivity index (χ1v) is 13.6. The number of rotatable bonds is 9. The molecule has 13 heteroatoms. The number of anilines is 3. The number of benzene rings is 2. The molecular formula is C27H31F3N6O3S. The van der Waals surface area contributed by atoms with Crippen LogP contribution in [0.15, 0.2) is 36.4 Å². The molecule has 4 rings (SSSR count). The van der Waals surface area contributed by atoms with Crippen molar-refractivity contribution in [1.82, 2.24) is 9.88 Å². The first-order valence-electron chi connectivity index (χ1n) is 12.8. The molecule has 0 bridgehead atoms. The largest absolute Gasteiger partial charge is 0.416 e. The number of carbonyl (C=O) groups is 2. The number of thiazole rings is 1. The number of aliphatic hydroxyl groups excluding tert-OH is 1. The van der Waals surface area contributed by atoms with E-state index in [9.17, 15) is 22.8 Å². The highest BCUT2D eigenvalue weighted by atomic mass is 32.1. The van der Waals surface area contributed by atoms with Crippen LogP contribution >= 0.6 is 11.3 Å². The summed E-state index contributed by atoms with van der Waals surface area (Å²) in [6.45, 7) is 7.36. The van der Waals surface area contributed by atoms with Gasteiger partial charge in [0, 0.05) is 55.2 Å². The number of nitrogens with two attached hydrogens (primary N) is 1. The number of piperazine rings is 1. The lowest BCUT2D eigenvalue weighted by Crippen LogP contribution is -2.46. The van der Waals surface area contributed by atoms with Gasteiger partial charge in [0.15, 0.2) is 5.13 Å². The highest BCUT2D eigenvalue weighted by Gasteiger charge is 2.33. The third kappa shape index (κ3) is 6.72. The second kappa shape index (κ2) is 12.2. The Kier molecular flexibility index (Phi) is 8.96. The molecule has 1 aliphatic rings. The average molecular weight is 577 g/mol. The van der Waals surface area contributed by atoms with Crippen molar-refractivity contribution in [1.29, 1.82) is 0 Å². The van der Waals surface area contributed by atoms with Gasteiger partial charge in [-0.3, -0.25) is 9.59 Å². The fraction of sp³-hybridized carbons (Fsp3) is 0.370. The molecule has 40 heavy (non-hydrogen) atoms. The van der Waals surface area contributed by atoms with Crippen LogP contribution in [0, 0.1) is 6.92 Å². The Morgan fingerprint density at radius 2 is 1.85 bits per heavy atom. The van der Waals surface area contributed by atoms with Gasteiger partial charge in [0.25, 0.3) is 11.8 Å². The normalized spacial score (nSPS) is 14.3. The first-order chi connectivity index (χ1) is 19.0. The maximum Gasteiger partial charge on any atom is 0.416 e. The number of carbonyl (C=O) groups excluding carboxylic acids is 2. The number of amides is 2. The van der Waals surface area contributed by atoms with E-state index in [1.807, 2.05) is 11.8 Å². The lowest BCUT2D eigenvalue weighted by molar-refractivity contribution is -0.137. The summed E-state index contributed by atoms with van der Waals surface area (Å²) in [5.41, 5.74) is 6.78. The Labute approximate surface area is 233 Å². The van der Waals surface area contributed by atoms with Crippen molar-refractivity contribution in [2.75, 3.05) is 61.4 Å². The van der Waals surface area contributed by atoms with Gasteiger partial charge in [-0.25, -0.2) is 4.98 Å². The van der Waals surface area contributed by atoms with Gasteiger partial charge in [0.2, 0.25) is 0 Å². The summed E-state index contributed by atoms with van der Waals surface area (Å²) < 4.78 is 41.3.